The molecule has 0 radical (unpaired) electrons. The van der Waals surface area contributed by atoms with Crippen molar-refractivity contribution in [2.75, 3.05) is 5.73 Å². The van der Waals surface area contributed by atoms with Gasteiger partial charge in [-0.05, 0) is 19.4 Å². The summed E-state index contributed by atoms with van der Waals surface area (Å²) in [5.41, 5.74) is 8.96. The Bertz CT molecular complexity index is 1160. The maximum Gasteiger partial charge on any atom is 0.267 e. The normalized spacial score (nSPS) is 11.7. The van der Waals surface area contributed by atoms with Gasteiger partial charge in [-0.2, -0.15) is 10.2 Å². The van der Waals surface area contributed by atoms with Crippen molar-refractivity contribution in [1.82, 2.24) is 29.5 Å². The predicted molar refractivity (Wildman–Crippen MR) is 114 cm³/mol. The topological polar surface area (TPSA) is 105 Å². The molecule has 0 saturated heterocycles. The van der Waals surface area contributed by atoms with Crippen molar-refractivity contribution in [3.63, 3.8) is 0 Å². The summed E-state index contributed by atoms with van der Waals surface area (Å²) in [5, 5.41) is 9.61. The van der Waals surface area contributed by atoms with Gasteiger partial charge in [0.2, 0.25) is 0 Å². The molecule has 1 atom stereocenters. The largest absolute Gasteiger partial charge is 0.383 e. The predicted octanol–water partition coefficient (Wildman–Crippen LogP) is 2.96. The molecule has 150 valence electrons. The van der Waals surface area contributed by atoms with E-state index in [1.54, 1.807) is 16.9 Å². The Labute approximate surface area is 169 Å². The van der Waals surface area contributed by atoms with Crippen LogP contribution in [-0.4, -0.2) is 29.5 Å². The van der Waals surface area contributed by atoms with Gasteiger partial charge in [-0.15, -0.1) is 0 Å². The van der Waals surface area contributed by atoms with Gasteiger partial charge in [0.25, 0.3) is 5.56 Å². The van der Waals surface area contributed by atoms with Crippen molar-refractivity contribution in [1.29, 1.82) is 0 Å². The number of hydrogen-bond acceptors (Lipinski definition) is 6. The van der Waals surface area contributed by atoms with E-state index in [1.165, 1.54) is 11.0 Å². The maximum absolute atomic E-state index is 12.5. The molecule has 1 aromatic carbocycles. The second-order valence-corrected chi connectivity index (χ2v) is 6.43. The van der Waals surface area contributed by atoms with Crippen LogP contribution in [-0.2, 0) is 6.54 Å². The zero-order chi connectivity index (χ0) is 21.0. The van der Waals surface area contributed by atoms with E-state index in [0.717, 1.165) is 22.2 Å². The van der Waals surface area contributed by atoms with Gasteiger partial charge in [-0.3, -0.25) is 4.79 Å². The lowest BCUT2D eigenvalue weighted by Gasteiger charge is -2.14. The summed E-state index contributed by atoms with van der Waals surface area (Å²) in [6.07, 6.45) is 3.11. The number of nitrogens with zero attached hydrogens (tertiary/aromatic N) is 6. The Morgan fingerprint density at radius 3 is 2.55 bits per heavy atom. The molecule has 3 heterocycles. The van der Waals surface area contributed by atoms with Gasteiger partial charge in [0.15, 0.2) is 5.65 Å². The van der Waals surface area contributed by atoms with E-state index >= 15 is 0 Å². The van der Waals surface area contributed by atoms with Crippen LogP contribution in [0, 0.1) is 6.92 Å². The van der Waals surface area contributed by atoms with Crippen LogP contribution < -0.4 is 11.3 Å². The highest BCUT2D eigenvalue weighted by molar-refractivity contribution is 5.88. The Balaban J connectivity index is 0.00000117. The zero-order valence-electron chi connectivity index (χ0n) is 17.1. The number of nitrogen functional groups attached to an aromatic ring is 1. The van der Waals surface area contributed by atoms with Gasteiger partial charge in [0.1, 0.15) is 12.1 Å². The van der Waals surface area contributed by atoms with E-state index < -0.39 is 0 Å². The summed E-state index contributed by atoms with van der Waals surface area (Å²) >= 11 is 0. The smallest absolute Gasteiger partial charge is 0.267 e. The number of benzene rings is 1. The minimum atomic E-state index is -0.220. The van der Waals surface area contributed by atoms with E-state index in [2.05, 4.69) is 20.2 Å². The molecule has 29 heavy (non-hydrogen) atoms. The fourth-order valence-electron chi connectivity index (χ4n) is 3.13. The third-order valence-corrected chi connectivity index (χ3v) is 4.61. The Morgan fingerprint density at radius 2 is 1.86 bits per heavy atom. The molecule has 4 aromatic rings. The molecule has 0 amide bonds. The number of aryl methyl sites for hydroxylation is 1. The zero-order valence-corrected chi connectivity index (χ0v) is 17.1. The molecule has 2 N–H and O–H groups in total. The van der Waals surface area contributed by atoms with Crippen molar-refractivity contribution in [2.45, 2.75) is 40.3 Å². The van der Waals surface area contributed by atoms with Gasteiger partial charge >= 0.3 is 0 Å². The molecule has 8 nitrogen and oxygen atoms in total. The van der Waals surface area contributed by atoms with E-state index in [9.17, 15) is 4.79 Å². The van der Waals surface area contributed by atoms with Crippen molar-refractivity contribution in [3.8, 4) is 0 Å². The van der Waals surface area contributed by atoms with E-state index in [0.29, 0.717) is 18.0 Å². The Kier molecular flexibility index (Phi) is 6.01. The number of aromatic nitrogens is 6. The summed E-state index contributed by atoms with van der Waals surface area (Å²) in [4.78, 5) is 20.9. The van der Waals surface area contributed by atoms with Crippen LogP contribution in [0.3, 0.4) is 0 Å². The molecule has 0 spiro atoms. The summed E-state index contributed by atoms with van der Waals surface area (Å²) in [5.74, 6) is 0.396. The summed E-state index contributed by atoms with van der Waals surface area (Å²) in [7, 11) is 0. The molecule has 0 aliphatic heterocycles. The third-order valence-electron chi connectivity index (χ3n) is 4.61. The fraction of sp³-hybridized carbons (Fsp3) is 0.286. The van der Waals surface area contributed by atoms with Crippen LogP contribution in [0.25, 0.3) is 11.0 Å². The summed E-state index contributed by atoms with van der Waals surface area (Å²) in [6.45, 7) is 8.24. The molecule has 0 fully saturated rings. The average Bonchev–Trinajstić information content (AvgIpc) is 3.09. The number of anilines is 1. The minimum Gasteiger partial charge on any atom is -0.383 e. The SMILES string of the molecule is CC.Cc1nn(C(C)c2cnn(Cc3ccccc3)c(=O)c2)c2ncnc(N)c12. The quantitative estimate of drug-likeness (QED) is 0.573. The van der Waals surface area contributed by atoms with Gasteiger partial charge in [-0.1, -0.05) is 44.2 Å². The molecule has 0 bridgehead atoms. The fourth-order valence-corrected chi connectivity index (χ4v) is 3.13. The van der Waals surface area contributed by atoms with Crippen LogP contribution in [0.15, 0.2) is 53.7 Å². The first-order valence-electron chi connectivity index (χ1n) is 9.61. The lowest BCUT2D eigenvalue weighted by Crippen LogP contribution is -2.24. The minimum absolute atomic E-state index is 0.162. The Hall–Kier alpha value is -3.55. The van der Waals surface area contributed by atoms with Gasteiger partial charge < -0.3 is 5.73 Å². The first-order valence-corrected chi connectivity index (χ1v) is 9.61. The van der Waals surface area contributed by atoms with E-state index in [4.69, 9.17) is 5.73 Å². The van der Waals surface area contributed by atoms with E-state index in [-0.39, 0.29) is 11.6 Å². The van der Waals surface area contributed by atoms with Crippen molar-refractivity contribution < 1.29 is 0 Å². The standard InChI is InChI=1S/C19H19N7O.C2H6/c1-12-17-18(20)21-11-22-19(17)26(24-12)13(2)15-8-16(27)25(23-9-15)10-14-6-4-3-5-7-14;1-2/h3-9,11,13H,10H2,1-2H3,(H2,20,21,22);1-2H3. The van der Waals surface area contributed by atoms with Crippen molar-refractivity contribution in [3.05, 3.63) is 76.1 Å². The molecule has 1 unspecified atom stereocenters. The monoisotopic (exact) mass is 391 g/mol. The molecule has 4 rings (SSSR count). The molecular formula is C21H25N7O. The molecule has 0 aliphatic rings. The van der Waals surface area contributed by atoms with Crippen LogP contribution >= 0.6 is 0 Å². The number of hydrogen-bond donors (Lipinski definition) is 1. The first kappa shape index (κ1) is 20.2. The highest BCUT2D eigenvalue weighted by Crippen LogP contribution is 2.25. The lowest BCUT2D eigenvalue weighted by atomic mass is 10.1. The van der Waals surface area contributed by atoms with Gasteiger partial charge in [0, 0.05) is 11.6 Å². The maximum atomic E-state index is 12.5. The van der Waals surface area contributed by atoms with Crippen LogP contribution in [0.1, 0.15) is 43.6 Å². The van der Waals surface area contributed by atoms with Crippen molar-refractivity contribution in [2.24, 2.45) is 0 Å². The van der Waals surface area contributed by atoms with Gasteiger partial charge in [0.05, 0.1) is 29.9 Å². The third kappa shape index (κ3) is 4.01. The second-order valence-electron chi connectivity index (χ2n) is 6.43. The second kappa shape index (κ2) is 8.64. The summed E-state index contributed by atoms with van der Waals surface area (Å²) in [6, 6.07) is 11.1. The van der Waals surface area contributed by atoms with Crippen molar-refractivity contribution >= 4 is 16.9 Å². The lowest BCUT2D eigenvalue weighted by molar-refractivity contribution is 0.558. The molecule has 0 aliphatic carbocycles. The van der Waals surface area contributed by atoms with Gasteiger partial charge in [-0.25, -0.2) is 19.3 Å². The highest BCUT2D eigenvalue weighted by atomic mass is 16.1. The van der Waals surface area contributed by atoms with Crippen LogP contribution in [0.5, 0.6) is 0 Å². The Morgan fingerprint density at radius 1 is 1.14 bits per heavy atom. The van der Waals surface area contributed by atoms with Crippen LogP contribution in [0.2, 0.25) is 0 Å². The number of nitrogens with two attached hydrogens (primary N) is 1. The van der Waals surface area contributed by atoms with E-state index in [1.807, 2.05) is 58.0 Å². The average molecular weight is 391 g/mol. The molecule has 8 heteroatoms. The highest BCUT2D eigenvalue weighted by Gasteiger charge is 2.18. The van der Waals surface area contributed by atoms with Crippen LogP contribution in [0.4, 0.5) is 5.82 Å². The first-order chi connectivity index (χ1) is 14.0. The number of fused-ring (bicyclic) bond motifs is 1. The molecule has 0 saturated carbocycles. The number of rotatable bonds is 4. The summed E-state index contributed by atoms with van der Waals surface area (Å²) < 4.78 is 3.19. The molecular weight excluding hydrogens is 366 g/mol. The molecule has 3 aromatic heterocycles.